The molecule has 0 bridgehead atoms. The number of thiophene rings is 2. The molecule has 11 rings (SSSR count). The number of anilines is 3. The van der Waals surface area contributed by atoms with Gasteiger partial charge >= 0.3 is 0 Å². The molecule has 2 aromatic heterocycles. The van der Waals surface area contributed by atoms with Crippen molar-refractivity contribution in [2.24, 2.45) is 0 Å². The van der Waals surface area contributed by atoms with Crippen LogP contribution in [0.3, 0.4) is 0 Å². The highest BCUT2D eigenvalue weighted by Crippen LogP contribution is 2.46. The molecule has 1 nitrogen and oxygen atoms in total. The molecule has 0 unspecified atom stereocenters. The van der Waals surface area contributed by atoms with Crippen molar-refractivity contribution in [1.29, 1.82) is 0 Å². The van der Waals surface area contributed by atoms with Crippen molar-refractivity contribution in [1.82, 2.24) is 0 Å². The third-order valence-corrected chi connectivity index (χ3v) is 13.3. The van der Waals surface area contributed by atoms with Crippen LogP contribution in [0.15, 0.2) is 200 Å². The predicted octanol–water partition coefficient (Wildman–Crippen LogP) is 16.0. The van der Waals surface area contributed by atoms with Crippen LogP contribution in [-0.2, 0) is 0 Å². The number of hydrogen-bond donors (Lipinski definition) is 0. The summed E-state index contributed by atoms with van der Waals surface area (Å²) in [5, 5.41) is 7.90. The Kier molecular flexibility index (Phi) is 7.61. The summed E-state index contributed by atoms with van der Waals surface area (Å²) in [6.07, 6.45) is 0. The molecule has 0 aliphatic carbocycles. The standard InChI is InChI=1S/C52H33NS2/c1-2-13-34(14-3-1)40-16-6-9-22-47(40)53(38-29-25-35(26-30-38)42-20-12-21-44-43-18-7-10-23-48(43)54-51(42)44)39-31-27-36(28-32-39)46-33-37-15-4-5-17-41(37)50-45-19-8-11-24-49(45)55-52(46)50/h1-33H. The third-order valence-electron chi connectivity index (χ3n) is 10.9. The minimum absolute atomic E-state index is 1.11. The van der Waals surface area contributed by atoms with Gasteiger partial charge in [0.1, 0.15) is 0 Å². The maximum atomic E-state index is 2.41. The fraction of sp³-hybridized carbons (Fsp3) is 0. The zero-order valence-electron chi connectivity index (χ0n) is 29.8. The second kappa shape index (κ2) is 13.1. The van der Waals surface area contributed by atoms with E-state index in [1.54, 1.807) is 0 Å². The Hall–Kier alpha value is -6.52. The molecule has 3 heteroatoms. The van der Waals surface area contributed by atoms with Crippen LogP contribution >= 0.6 is 22.7 Å². The molecule has 9 aromatic carbocycles. The molecule has 0 fully saturated rings. The fourth-order valence-electron chi connectivity index (χ4n) is 8.30. The van der Waals surface area contributed by atoms with Crippen LogP contribution < -0.4 is 4.90 Å². The van der Waals surface area contributed by atoms with E-state index in [0.717, 1.165) is 17.1 Å². The highest BCUT2D eigenvalue weighted by atomic mass is 32.1. The zero-order valence-corrected chi connectivity index (χ0v) is 31.4. The number of fused-ring (bicyclic) bond motifs is 8. The lowest BCUT2D eigenvalue weighted by Crippen LogP contribution is -2.11. The van der Waals surface area contributed by atoms with Gasteiger partial charge < -0.3 is 4.90 Å². The van der Waals surface area contributed by atoms with Gasteiger partial charge in [0, 0.05) is 62.8 Å². The van der Waals surface area contributed by atoms with Crippen molar-refractivity contribution in [3.05, 3.63) is 200 Å². The molecule has 0 atom stereocenters. The van der Waals surface area contributed by atoms with Crippen LogP contribution in [0.25, 0.3) is 84.5 Å². The van der Waals surface area contributed by atoms with Crippen LogP contribution in [0.4, 0.5) is 17.1 Å². The largest absolute Gasteiger partial charge is 0.310 e. The maximum absolute atomic E-state index is 2.41. The molecule has 258 valence electrons. The maximum Gasteiger partial charge on any atom is 0.0540 e. The Morgan fingerprint density at radius 3 is 1.62 bits per heavy atom. The van der Waals surface area contributed by atoms with E-state index in [9.17, 15) is 0 Å². The molecule has 55 heavy (non-hydrogen) atoms. The zero-order chi connectivity index (χ0) is 36.3. The van der Waals surface area contributed by atoms with E-state index < -0.39 is 0 Å². The summed E-state index contributed by atoms with van der Waals surface area (Å²) in [5.74, 6) is 0. The SMILES string of the molecule is c1ccc(-c2ccccc2N(c2ccc(-c3cccc4c3sc3ccccc34)cc2)c2ccc(-c3cc4ccccc4c4c3sc3ccccc34)cc2)cc1. The second-order valence-electron chi connectivity index (χ2n) is 14.0. The molecule has 0 radical (unpaired) electrons. The van der Waals surface area contributed by atoms with Crippen molar-refractivity contribution < 1.29 is 0 Å². The summed E-state index contributed by atoms with van der Waals surface area (Å²) in [6, 6.07) is 73.2. The first-order valence-corrected chi connectivity index (χ1v) is 20.3. The van der Waals surface area contributed by atoms with Gasteiger partial charge in [0.05, 0.1) is 5.69 Å². The Bertz CT molecular complexity index is 3190. The van der Waals surface area contributed by atoms with E-state index in [1.807, 2.05) is 22.7 Å². The van der Waals surface area contributed by atoms with Crippen LogP contribution in [-0.4, -0.2) is 0 Å². The summed E-state index contributed by atoms with van der Waals surface area (Å²) < 4.78 is 5.32. The first-order chi connectivity index (χ1) is 27.3. The average molecular weight is 736 g/mol. The normalized spacial score (nSPS) is 11.6. The van der Waals surface area contributed by atoms with Gasteiger partial charge in [-0.25, -0.2) is 0 Å². The second-order valence-corrected chi connectivity index (χ2v) is 16.1. The van der Waals surface area contributed by atoms with E-state index in [2.05, 4.69) is 205 Å². The average Bonchev–Trinajstić information content (AvgIpc) is 3.84. The van der Waals surface area contributed by atoms with Gasteiger partial charge in [0.15, 0.2) is 0 Å². The van der Waals surface area contributed by atoms with Gasteiger partial charge in [-0.15, -0.1) is 22.7 Å². The molecule has 2 heterocycles. The number of rotatable bonds is 6. The lowest BCUT2D eigenvalue weighted by molar-refractivity contribution is 1.28. The van der Waals surface area contributed by atoms with Crippen LogP contribution in [0.2, 0.25) is 0 Å². The van der Waals surface area contributed by atoms with E-state index in [4.69, 9.17) is 0 Å². The Morgan fingerprint density at radius 1 is 0.327 bits per heavy atom. The number of nitrogens with zero attached hydrogens (tertiary/aromatic N) is 1. The molecular formula is C52H33NS2. The summed E-state index contributed by atoms with van der Waals surface area (Å²) in [6.45, 7) is 0. The van der Waals surface area contributed by atoms with Crippen LogP contribution in [0, 0.1) is 0 Å². The fourth-order valence-corrected chi connectivity index (χ4v) is 10.8. The highest BCUT2D eigenvalue weighted by Gasteiger charge is 2.19. The number of hydrogen-bond acceptors (Lipinski definition) is 3. The van der Waals surface area contributed by atoms with Crippen molar-refractivity contribution in [2.45, 2.75) is 0 Å². The van der Waals surface area contributed by atoms with E-state index in [1.165, 1.54) is 84.5 Å². The van der Waals surface area contributed by atoms with Gasteiger partial charge in [-0.3, -0.25) is 0 Å². The summed E-state index contributed by atoms with van der Waals surface area (Å²) in [5.41, 5.74) is 10.7. The van der Waals surface area contributed by atoms with Crippen molar-refractivity contribution in [3.8, 4) is 33.4 Å². The quantitative estimate of drug-likeness (QED) is 0.164. The van der Waals surface area contributed by atoms with Gasteiger partial charge in [0.2, 0.25) is 0 Å². The molecular weight excluding hydrogens is 703 g/mol. The molecule has 0 saturated carbocycles. The van der Waals surface area contributed by atoms with E-state index in [0.29, 0.717) is 0 Å². The number of benzene rings is 9. The summed E-state index contributed by atoms with van der Waals surface area (Å²) in [4.78, 5) is 2.41. The van der Waals surface area contributed by atoms with Gasteiger partial charge in [-0.2, -0.15) is 0 Å². The van der Waals surface area contributed by atoms with Gasteiger partial charge in [-0.05, 0) is 81.6 Å². The lowest BCUT2D eigenvalue weighted by atomic mass is 9.96. The smallest absolute Gasteiger partial charge is 0.0540 e. The predicted molar refractivity (Wildman–Crippen MR) is 241 cm³/mol. The van der Waals surface area contributed by atoms with Gasteiger partial charge in [0.25, 0.3) is 0 Å². The van der Waals surface area contributed by atoms with E-state index in [-0.39, 0.29) is 0 Å². The van der Waals surface area contributed by atoms with Crippen LogP contribution in [0.1, 0.15) is 0 Å². The summed E-state index contributed by atoms with van der Waals surface area (Å²) >= 11 is 3.77. The minimum atomic E-state index is 1.11. The Balaban J connectivity index is 1.06. The van der Waals surface area contributed by atoms with E-state index >= 15 is 0 Å². The third kappa shape index (κ3) is 5.35. The molecule has 0 spiro atoms. The molecule has 0 amide bonds. The molecule has 0 aliphatic heterocycles. The van der Waals surface area contributed by atoms with Crippen molar-refractivity contribution >= 4 is 90.9 Å². The van der Waals surface area contributed by atoms with Crippen molar-refractivity contribution in [2.75, 3.05) is 4.90 Å². The van der Waals surface area contributed by atoms with Crippen molar-refractivity contribution in [3.63, 3.8) is 0 Å². The monoisotopic (exact) mass is 735 g/mol. The first-order valence-electron chi connectivity index (χ1n) is 18.7. The molecule has 0 N–H and O–H groups in total. The minimum Gasteiger partial charge on any atom is -0.310 e. The lowest BCUT2D eigenvalue weighted by Gasteiger charge is -2.28. The summed E-state index contributed by atoms with van der Waals surface area (Å²) in [7, 11) is 0. The number of para-hydroxylation sites is 1. The highest BCUT2D eigenvalue weighted by molar-refractivity contribution is 7.26. The molecule has 11 aromatic rings. The first kappa shape index (κ1) is 32.0. The topological polar surface area (TPSA) is 3.24 Å². The molecule has 0 aliphatic rings. The van der Waals surface area contributed by atoms with Crippen LogP contribution in [0.5, 0.6) is 0 Å². The molecule has 0 saturated heterocycles. The Labute approximate surface area is 327 Å². The Morgan fingerprint density at radius 2 is 0.855 bits per heavy atom. The van der Waals surface area contributed by atoms with Gasteiger partial charge in [-0.1, -0.05) is 152 Å².